The lowest BCUT2D eigenvalue weighted by molar-refractivity contribution is -0.136. The molecule has 8 heteroatoms. The second-order valence-corrected chi connectivity index (χ2v) is 6.11. The van der Waals surface area contributed by atoms with E-state index < -0.39 is 0 Å². The van der Waals surface area contributed by atoms with Crippen molar-refractivity contribution in [3.05, 3.63) is 17.1 Å². The molecule has 2 aliphatic heterocycles. The van der Waals surface area contributed by atoms with Crippen LogP contribution in [0.4, 0.5) is 0 Å². The van der Waals surface area contributed by atoms with Gasteiger partial charge in [-0.25, -0.2) is 0 Å². The van der Waals surface area contributed by atoms with Crippen molar-refractivity contribution in [3.8, 4) is 11.6 Å². The Kier molecular flexibility index (Phi) is 3.41. The van der Waals surface area contributed by atoms with Gasteiger partial charge in [-0.2, -0.15) is 10.1 Å². The van der Waals surface area contributed by atoms with Crippen LogP contribution in [0.5, 0.6) is 0 Å². The molecule has 1 saturated heterocycles. The summed E-state index contributed by atoms with van der Waals surface area (Å²) >= 11 is 0. The lowest BCUT2D eigenvalue weighted by atomic mass is 10.0. The van der Waals surface area contributed by atoms with Crippen molar-refractivity contribution in [2.75, 3.05) is 19.8 Å². The van der Waals surface area contributed by atoms with Crippen molar-refractivity contribution in [2.24, 2.45) is 13.0 Å². The van der Waals surface area contributed by atoms with Crippen LogP contribution in [0.25, 0.3) is 11.6 Å². The third kappa shape index (κ3) is 2.42. The molecule has 4 rings (SSSR count). The van der Waals surface area contributed by atoms with E-state index in [2.05, 4.69) is 15.2 Å². The van der Waals surface area contributed by atoms with Crippen LogP contribution in [-0.2, 0) is 29.5 Å². The number of carbonyl (C=O) groups excluding carboxylic acids is 1. The van der Waals surface area contributed by atoms with Crippen LogP contribution < -0.4 is 0 Å². The van der Waals surface area contributed by atoms with Crippen LogP contribution in [-0.4, -0.2) is 50.5 Å². The Balaban J connectivity index is 1.64. The Labute approximate surface area is 133 Å². The summed E-state index contributed by atoms with van der Waals surface area (Å²) in [4.78, 5) is 18.8. The summed E-state index contributed by atoms with van der Waals surface area (Å²) in [5, 5.41) is 8.36. The molecule has 2 aromatic heterocycles. The molecule has 0 spiro atoms. The number of ether oxygens (including phenoxy) is 1. The minimum Gasteiger partial charge on any atom is -0.381 e. The number of hydrogen-bond acceptors (Lipinski definition) is 6. The summed E-state index contributed by atoms with van der Waals surface area (Å²) in [6.07, 6.45) is 1.59. The third-order valence-electron chi connectivity index (χ3n) is 4.56. The summed E-state index contributed by atoms with van der Waals surface area (Å²) in [7, 11) is 1.91. The minimum atomic E-state index is -0.0117. The molecule has 122 valence electrons. The summed E-state index contributed by atoms with van der Waals surface area (Å²) in [5.41, 5.74) is 2.82. The number of carbonyl (C=O) groups is 1. The Morgan fingerprint density at radius 2 is 2.26 bits per heavy atom. The first-order valence-electron chi connectivity index (χ1n) is 7.85. The smallest absolute Gasteiger partial charge is 0.278 e. The number of amides is 1. The molecule has 1 amide bonds. The van der Waals surface area contributed by atoms with Crippen LogP contribution in [0.15, 0.2) is 4.52 Å². The molecular weight excluding hydrogens is 298 g/mol. The predicted molar refractivity (Wildman–Crippen MR) is 79.3 cm³/mol. The largest absolute Gasteiger partial charge is 0.381 e. The minimum absolute atomic E-state index is 0.0117. The number of fused-ring (bicyclic) bond motifs is 1. The van der Waals surface area contributed by atoms with Crippen LogP contribution in [0.1, 0.15) is 23.5 Å². The molecule has 2 aromatic rings. The molecule has 0 aliphatic carbocycles. The number of hydrogen-bond donors (Lipinski definition) is 0. The zero-order chi connectivity index (χ0) is 16.0. The van der Waals surface area contributed by atoms with Gasteiger partial charge in [0.15, 0.2) is 11.5 Å². The maximum absolute atomic E-state index is 12.6. The molecule has 0 radical (unpaired) electrons. The van der Waals surface area contributed by atoms with Gasteiger partial charge in [-0.15, -0.1) is 0 Å². The molecule has 1 fully saturated rings. The Morgan fingerprint density at radius 1 is 1.39 bits per heavy atom. The second kappa shape index (κ2) is 5.45. The van der Waals surface area contributed by atoms with E-state index in [9.17, 15) is 4.79 Å². The Bertz CT molecular complexity index is 744. The highest BCUT2D eigenvalue weighted by molar-refractivity contribution is 5.79. The van der Waals surface area contributed by atoms with E-state index in [1.54, 1.807) is 6.92 Å². The number of aryl methyl sites for hydroxylation is 2. The first-order chi connectivity index (χ1) is 11.1. The Morgan fingerprint density at radius 3 is 2.96 bits per heavy atom. The van der Waals surface area contributed by atoms with Crippen molar-refractivity contribution in [2.45, 2.75) is 26.3 Å². The molecule has 2 aliphatic rings. The van der Waals surface area contributed by atoms with E-state index >= 15 is 0 Å². The maximum Gasteiger partial charge on any atom is 0.278 e. The van der Waals surface area contributed by atoms with Gasteiger partial charge >= 0.3 is 0 Å². The van der Waals surface area contributed by atoms with Gasteiger partial charge in [-0.1, -0.05) is 5.16 Å². The van der Waals surface area contributed by atoms with Crippen molar-refractivity contribution in [1.29, 1.82) is 0 Å². The number of aromatic nitrogens is 4. The van der Waals surface area contributed by atoms with E-state index in [0.29, 0.717) is 43.7 Å². The van der Waals surface area contributed by atoms with Crippen molar-refractivity contribution < 1.29 is 14.1 Å². The van der Waals surface area contributed by atoms with Gasteiger partial charge in [0.25, 0.3) is 5.89 Å². The fourth-order valence-electron chi connectivity index (χ4n) is 3.33. The van der Waals surface area contributed by atoms with Gasteiger partial charge < -0.3 is 14.2 Å². The van der Waals surface area contributed by atoms with Gasteiger partial charge in [0.2, 0.25) is 5.91 Å². The molecule has 23 heavy (non-hydrogen) atoms. The predicted octanol–water partition coefficient (Wildman–Crippen LogP) is 0.700. The lowest BCUT2D eigenvalue weighted by Crippen LogP contribution is -2.40. The maximum atomic E-state index is 12.6. The van der Waals surface area contributed by atoms with E-state index in [0.717, 1.165) is 24.1 Å². The summed E-state index contributed by atoms with van der Waals surface area (Å²) < 4.78 is 12.5. The second-order valence-electron chi connectivity index (χ2n) is 6.11. The number of rotatable bonds is 2. The van der Waals surface area contributed by atoms with E-state index in [1.807, 2.05) is 16.6 Å². The summed E-state index contributed by atoms with van der Waals surface area (Å²) in [5.74, 6) is 1.15. The molecule has 1 atom stereocenters. The normalized spacial score (nSPS) is 20.8. The molecule has 8 nitrogen and oxygen atoms in total. The van der Waals surface area contributed by atoms with Crippen molar-refractivity contribution in [1.82, 2.24) is 24.8 Å². The SMILES string of the molecule is Cc1noc(-c2nn(C)c3c2CN(C(=O)C2CCOC2)CC3)n1. The van der Waals surface area contributed by atoms with Gasteiger partial charge in [-0.05, 0) is 13.3 Å². The van der Waals surface area contributed by atoms with E-state index in [-0.39, 0.29) is 11.8 Å². The first-order valence-corrected chi connectivity index (χ1v) is 7.85. The van der Waals surface area contributed by atoms with Crippen LogP contribution >= 0.6 is 0 Å². The molecule has 1 unspecified atom stereocenters. The molecule has 4 heterocycles. The van der Waals surface area contributed by atoms with Gasteiger partial charge in [-0.3, -0.25) is 9.48 Å². The topological polar surface area (TPSA) is 86.3 Å². The molecule has 0 N–H and O–H groups in total. The average Bonchev–Trinajstić information content (AvgIpc) is 3.27. The molecule has 0 saturated carbocycles. The summed E-state index contributed by atoms with van der Waals surface area (Å²) in [6, 6.07) is 0. The van der Waals surface area contributed by atoms with Crippen LogP contribution in [0.3, 0.4) is 0 Å². The van der Waals surface area contributed by atoms with E-state index in [1.165, 1.54) is 0 Å². The average molecular weight is 317 g/mol. The summed E-state index contributed by atoms with van der Waals surface area (Å²) in [6.45, 7) is 4.23. The zero-order valence-corrected chi connectivity index (χ0v) is 13.3. The highest BCUT2D eigenvalue weighted by atomic mass is 16.5. The van der Waals surface area contributed by atoms with Crippen molar-refractivity contribution >= 4 is 5.91 Å². The van der Waals surface area contributed by atoms with E-state index in [4.69, 9.17) is 9.26 Å². The van der Waals surface area contributed by atoms with Crippen LogP contribution in [0.2, 0.25) is 0 Å². The van der Waals surface area contributed by atoms with Gasteiger partial charge in [0.05, 0.1) is 12.5 Å². The first kappa shape index (κ1) is 14.4. The Hall–Kier alpha value is -2.22. The number of nitrogens with zero attached hydrogens (tertiary/aromatic N) is 5. The van der Waals surface area contributed by atoms with Gasteiger partial charge in [0, 0.05) is 44.4 Å². The molecule has 0 aromatic carbocycles. The molecular formula is C15H19N5O3. The zero-order valence-electron chi connectivity index (χ0n) is 13.3. The fourth-order valence-corrected chi connectivity index (χ4v) is 3.33. The highest BCUT2D eigenvalue weighted by Gasteiger charge is 2.33. The lowest BCUT2D eigenvalue weighted by Gasteiger charge is -2.29. The highest BCUT2D eigenvalue weighted by Crippen LogP contribution is 2.30. The quantitative estimate of drug-likeness (QED) is 0.810. The van der Waals surface area contributed by atoms with Gasteiger partial charge in [0.1, 0.15) is 0 Å². The fraction of sp³-hybridized carbons (Fsp3) is 0.600. The standard InChI is InChI=1S/C15H19N5O3/c1-9-16-14(23-18-9)13-11-7-20(5-3-12(11)19(2)17-13)15(21)10-4-6-22-8-10/h10H,3-8H2,1-2H3. The monoisotopic (exact) mass is 317 g/mol. The third-order valence-corrected chi connectivity index (χ3v) is 4.56. The van der Waals surface area contributed by atoms with Crippen molar-refractivity contribution in [3.63, 3.8) is 0 Å². The molecule has 0 bridgehead atoms. The van der Waals surface area contributed by atoms with Crippen LogP contribution in [0, 0.1) is 12.8 Å².